The molecule has 0 aliphatic rings. The number of nitrogens with two attached hydrogens (primary N) is 1. The predicted molar refractivity (Wildman–Crippen MR) is 64.2 cm³/mol. The van der Waals surface area contributed by atoms with Crippen LogP contribution in [-0.4, -0.2) is 11.0 Å². The van der Waals surface area contributed by atoms with E-state index in [1.165, 1.54) is 24.4 Å². The Bertz CT molecular complexity index is 555. The summed E-state index contributed by atoms with van der Waals surface area (Å²) < 4.78 is 17.7. The van der Waals surface area contributed by atoms with Gasteiger partial charge in [0.2, 0.25) is 0 Å². The third-order valence-corrected chi connectivity index (χ3v) is 2.34. The number of benzene rings is 1. The molecule has 2 rings (SSSR count). The molecule has 2 aromatic rings. The van der Waals surface area contributed by atoms with Gasteiger partial charge in [-0.3, -0.25) is 0 Å². The fourth-order valence-electron chi connectivity index (χ4n) is 1.40. The zero-order valence-electron chi connectivity index (χ0n) is 9.47. The molecule has 0 bridgehead atoms. The Hall–Kier alpha value is -2.43. The average molecular weight is 246 g/mol. The van der Waals surface area contributed by atoms with Crippen LogP contribution in [0, 0.1) is 5.82 Å². The summed E-state index contributed by atoms with van der Waals surface area (Å²) in [5.74, 6) is -0.756. The molecule has 0 amide bonds. The molecule has 2 N–H and O–H groups in total. The monoisotopic (exact) mass is 246 g/mol. The van der Waals surface area contributed by atoms with E-state index in [9.17, 15) is 9.18 Å². The summed E-state index contributed by atoms with van der Waals surface area (Å²) in [6, 6.07) is 8.85. The first-order chi connectivity index (χ1) is 8.66. The number of carbonyl (C=O) groups is 1. The van der Waals surface area contributed by atoms with Gasteiger partial charge in [-0.25, -0.2) is 14.2 Å². The number of ether oxygens (including phenoxy) is 1. The minimum atomic E-state index is -0.551. The quantitative estimate of drug-likeness (QED) is 0.843. The van der Waals surface area contributed by atoms with Crippen molar-refractivity contribution in [2.45, 2.75) is 6.61 Å². The highest BCUT2D eigenvalue weighted by atomic mass is 19.1. The second-order valence-electron chi connectivity index (χ2n) is 3.64. The number of nitrogen functional groups attached to an aromatic ring is 1. The third kappa shape index (κ3) is 2.82. The van der Waals surface area contributed by atoms with Crippen LogP contribution in [-0.2, 0) is 11.3 Å². The molecule has 92 valence electrons. The van der Waals surface area contributed by atoms with Crippen molar-refractivity contribution in [3.05, 3.63) is 59.5 Å². The highest BCUT2D eigenvalue weighted by molar-refractivity contribution is 5.93. The number of anilines is 1. The van der Waals surface area contributed by atoms with Gasteiger partial charge in [0.05, 0.1) is 0 Å². The minimum Gasteiger partial charge on any atom is -0.457 e. The molecular weight excluding hydrogens is 235 g/mol. The summed E-state index contributed by atoms with van der Waals surface area (Å²) in [7, 11) is 0. The summed E-state index contributed by atoms with van der Waals surface area (Å²) >= 11 is 0. The number of halogens is 1. The van der Waals surface area contributed by atoms with E-state index in [4.69, 9.17) is 10.5 Å². The molecule has 0 saturated carbocycles. The normalized spacial score (nSPS) is 10.1. The SMILES string of the molecule is Nc1ncccc1C(=O)OCc1ccc(F)cc1. The maximum atomic E-state index is 12.7. The number of hydrogen-bond donors (Lipinski definition) is 1. The first-order valence-electron chi connectivity index (χ1n) is 5.29. The van der Waals surface area contributed by atoms with Gasteiger partial charge >= 0.3 is 5.97 Å². The Balaban J connectivity index is 2.01. The molecule has 1 aromatic carbocycles. The first-order valence-corrected chi connectivity index (χ1v) is 5.29. The van der Waals surface area contributed by atoms with Crippen molar-refractivity contribution < 1.29 is 13.9 Å². The van der Waals surface area contributed by atoms with Crippen molar-refractivity contribution in [3.63, 3.8) is 0 Å². The molecule has 18 heavy (non-hydrogen) atoms. The zero-order chi connectivity index (χ0) is 13.0. The van der Waals surface area contributed by atoms with E-state index in [0.29, 0.717) is 5.56 Å². The van der Waals surface area contributed by atoms with Crippen molar-refractivity contribution in [1.82, 2.24) is 4.98 Å². The Morgan fingerprint density at radius 1 is 1.28 bits per heavy atom. The molecule has 0 radical (unpaired) electrons. The Morgan fingerprint density at radius 3 is 2.67 bits per heavy atom. The van der Waals surface area contributed by atoms with Crippen molar-refractivity contribution in [1.29, 1.82) is 0 Å². The van der Waals surface area contributed by atoms with Gasteiger partial charge in [0.1, 0.15) is 23.8 Å². The maximum Gasteiger partial charge on any atom is 0.342 e. The van der Waals surface area contributed by atoms with E-state index in [2.05, 4.69) is 4.98 Å². The number of hydrogen-bond acceptors (Lipinski definition) is 4. The smallest absolute Gasteiger partial charge is 0.342 e. The topological polar surface area (TPSA) is 65.2 Å². The van der Waals surface area contributed by atoms with Crippen LogP contribution in [0.15, 0.2) is 42.6 Å². The largest absolute Gasteiger partial charge is 0.457 e. The Kier molecular flexibility index (Phi) is 3.52. The molecule has 0 saturated heterocycles. The highest BCUT2D eigenvalue weighted by Gasteiger charge is 2.11. The van der Waals surface area contributed by atoms with Gasteiger partial charge in [-0.05, 0) is 29.8 Å². The van der Waals surface area contributed by atoms with Gasteiger partial charge in [0.15, 0.2) is 0 Å². The van der Waals surface area contributed by atoms with Gasteiger partial charge in [-0.15, -0.1) is 0 Å². The van der Waals surface area contributed by atoms with Crippen LogP contribution in [0.5, 0.6) is 0 Å². The van der Waals surface area contributed by atoms with E-state index in [1.54, 1.807) is 18.2 Å². The van der Waals surface area contributed by atoms with Gasteiger partial charge in [0.25, 0.3) is 0 Å². The Labute approximate surface area is 103 Å². The molecule has 0 fully saturated rings. The number of esters is 1. The number of nitrogens with zero attached hydrogens (tertiary/aromatic N) is 1. The lowest BCUT2D eigenvalue weighted by atomic mass is 10.2. The molecule has 0 unspecified atom stereocenters. The highest BCUT2D eigenvalue weighted by Crippen LogP contribution is 2.11. The minimum absolute atomic E-state index is 0.0629. The standard InChI is InChI=1S/C13H11FN2O2/c14-10-5-3-9(4-6-10)8-18-13(17)11-2-1-7-16-12(11)15/h1-7H,8H2,(H2,15,16). The van der Waals surface area contributed by atoms with E-state index in [0.717, 1.165) is 0 Å². The van der Waals surface area contributed by atoms with Gasteiger partial charge < -0.3 is 10.5 Å². The fraction of sp³-hybridized carbons (Fsp3) is 0.0769. The van der Waals surface area contributed by atoms with Crippen LogP contribution in [0.2, 0.25) is 0 Å². The van der Waals surface area contributed by atoms with E-state index < -0.39 is 5.97 Å². The molecule has 0 aliphatic heterocycles. The van der Waals surface area contributed by atoms with Crippen molar-refractivity contribution in [2.24, 2.45) is 0 Å². The van der Waals surface area contributed by atoms with Gasteiger partial charge in [-0.1, -0.05) is 12.1 Å². The van der Waals surface area contributed by atoms with E-state index in [1.807, 2.05) is 0 Å². The van der Waals surface area contributed by atoms with Crippen LogP contribution >= 0.6 is 0 Å². The molecule has 0 aliphatic carbocycles. The molecule has 4 nitrogen and oxygen atoms in total. The lowest BCUT2D eigenvalue weighted by molar-refractivity contribution is 0.0473. The Morgan fingerprint density at radius 2 is 2.00 bits per heavy atom. The maximum absolute atomic E-state index is 12.7. The summed E-state index contributed by atoms with van der Waals surface area (Å²) in [5, 5.41) is 0. The third-order valence-electron chi connectivity index (χ3n) is 2.34. The second kappa shape index (κ2) is 5.27. The summed E-state index contributed by atoms with van der Waals surface area (Å²) in [5.41, 5.74) is 6.47. The summed E-state index contributed by atoms with van der Waals surface area (Å²) in [6.07, 6.45) is 1.49. The zero-order valence-corrected chi connectivity index (χ0v) is 9.47. The number of rotatable bonds is 3. The van der Waals surface area contributed by atoms with Crippen molar-refractivity contribution in [2.75, 3.05) is 5.73 Å². The number of carbonyl (C=O) groups excluding carboxylic acids is 1. The molecule has 5 heteroatoms. The number of pyridine rings is 1. The van der Waals surface area contributed by atoms with Crippen LogP contribution < -0.4 is 5.73 Å². The summed E-state index contributed by atoms with van der Waals surface area (Å²) in [4.78, 5) is 15.5. The second-order valence-corrected chi connectivity index (χ2v) is 3.64. The molecule has 1 aromatic heterocycles. The molecule has 0 spiro atoms. The van der Waals surface area contributed by atoms with Crippen LogP contribution in [0.1, 0.15) is 15.9 Å². The van der Waals surface area contributed by atoms with Crippen LogP contribution in [0.25, 0.3) is 0 Å². The fourth-order valence-corrected chi connectivity index (χ4v) is 1.40. The lowest BCUT2D eigenvalue weighted by Gasteiger charge is -2.06. The lowest BCUT2D eigenvalue weighted by Crippen LogP contribution is -2.09. The average Bonchev–Trinajstić information content (AvgIpc) is 2.38. The predicted octanol–water partition coefficient (Wildman–Crippen LogP) is 2.16. The molecular formula is C13H11FN2O2. The molecule has 0 atom stereocenters. The van der Waals surface area contributed by atoms with E-state index in [-0.39, 0.29) is 23.8 Å². The number of aromatic nitrogens is 1. The summed E-state index contributed by atoms with van der Waals surface area (Å²) in [6.45, 7) is 0.0629. The van der Waals surface area contributed by atoms with Gasteiger partial charge in [0, 0.05) is 6.20 Å². The van der Waals surface area contributed by atoms with Gasteiger partial charge in [-0.2, -0.15) is 0 Å². The van der Waals surface area contributed by atoms with Crippen LogP contribution in [0.4, 0.5) is 10.2 Å². The van der Waals surface area contributed by atoms with Crippen LogP contribution in [0.3, 0.4) is 0 Å². The molecule has 1 heterocycles. The first kappa shape index (κ1) is 12.0. The van der Waals surface area contributed by atoms with Crippen molar-refractivity contribution in [3.8, 4) is 0 Å². The van der Waals surface area contributed by atoms with E-state index >= 15 is 0 Å². The van der Waals surface area contributed by atoms with Crippen molar-refractivity contribution >= 4 is 11.8 Å².